The van der Waals surface area contributed by atoms with E-state index in [1.54, 1.807) is 42.2 Å². The number of anilines is 1. The predicted octanol–water partition coefficient (Wildman–Crippen LogP) is 2.68. The Morgan fingerprint density at radius 1 is 1.25 bits per heavy atom. The second kappa shape index (κ2) is 7.77. The van der Waals surface area contributed by atoms with Gasteiger partial charge in [0.1, 0.15) is 24.0 Å². The van der Waals surface area contributed by atoms with Gasteiger partial charge >= 0.3 is 5.63 Å². The molecule has 3 aromatic rings. The summed E-state index contributed by atoms with van der Waals surface area (Å²) in [5.41, 5.74) is 1.29. The first kappa shape index (κ1) is 18.1. The van der Waals surface area contributed by atoms with E-state index in [0.29, 0.717) is 30.2 Å². The fraction of sp³-hybridized carbons (Fsp3) is 0.300. The lowest BCUT2D eigenvalue weighted by Crippen LogP contribution is -2.24. The van der Waals surface area contributed by atoms with E-state index in [1.165, 1.54) is 6.33 Å². The number of aromatic nitrogens is 3. The molecule has 8 heteroatoms. The van der Waals surface area contributed by atoms with E-state index in [1.807, 2.05) is 6.07 Å². The van der Waals surface area contributed by atoms with Gasteiger partial charge in [0.05, 0.1) is 5.69 Å². The summed E-state index contributed by atoms with van der Waals surface area (Å²) >= 11 is 0. The maximum atomic E-state index is 12.7. The summed E-state index contributed by atoms with van der Waals surface area (Å²) in [5, 5.41) is 6.83. The van der Waals surface area contributed by atoms with Gasteiger partial charge in [0.15, 0.2) is 0 Å². The average Bonchev–Trinajstić information content (AvgIpc) is 3.23. The Labute approximate surface area is 161 Å². The van der Waals surface area contributed by atoms with Crippen molar-refractivity contribution in [1.82, 2.24) is 14.8 Å². The molecule has 2 aromatic heterocycles. The quantitative estimate of drug-likeness (QED) is 0.747. The first-order chi connectivity index (χ1) is 13.6. The van der Waals surface area contributed by atoms with Crippen LogP contribution in [0.1, 0.15) is 40.4 Å². The lowest BCUT2D eigenvalue weighted by molar-refractivity contribution is 0.0796. The lowest BCUT2D eigenvalue weighted by atomic mass is 9.95. The maximum Gasteiger partial charge on any atom is 0.349 e. The minimum atomic E-state index is -0.619. The summed E-state index contributed by atoms with van der Waals surface area (Å²) in [5.74, 6) is 0.271. The molecule has 0 atom stereocenters. The Hall–Kier alpha value is -3.26. The fourth-order valence-electron chi connectivity index (χ4n) is 3.35. The van der Waals surface area contributed by atoms with Crippen LogP contribution >= 0.6 is 0 Å². The molecular formula is C20H20N4O4. The van der Waals surface area contributed by atoms with Gasteiger partial charge in [-0.2, -0.15) is 5.10 Å². The molecule has 3 heterocycles. The lowest BCUT2D eigenvalue weighted by Gasteiger charge is -2.21. The normalized spacial score (nSPS) is 14.8. The van der Waals surface area contributed by atoms with Crippen molar-refractivity contribution >= 4 is 11.6 Å². The Morgan fingerprint density at radius 2 is 2.07 bits per heavy atom. The van der Waals surface area contributed by atoms with Crippen molar-refractivity contribution < 1.29 is 13.9 Å². The van der Waals surface area contributed by atoms with Gasteiger partial charge in [-0.25, -0.2) is 14.5 Å². The number of ether oxygens (including phenoxy) is 1. The molecule has 1 aliphatic rings. The minimum absolute atomic E-state index is 0.0157. The number of aryl methyl sites for hydroxylation is 1. The van der Waals surface area contributed by atoms with Crippen LogP contribution < -0.4 is 10.9 Å². The number of nitrogens with one attached hydrogen (secondary N) is 1. The zero-order valence-corrected chi connectivity index (χ0v) is 15.4. The molecule has 1 fully saturated rings. The molecule has 144 valence electrons. The summed E-state index contributed by atoms with van der Waals surface area (Å²) < 4.78 is 12.4. The van der Waals surface area contributed by atoms with Gasteiger partial charge in [-0.3, -0.25) is 4.79 Å². The molecular weight excluding hydrogens is 360 g/mol. The highest BCUT2D eigenvalue weighted by Gasteiger charge is 2.23. The third kappa shape index (κ3) is 3.72. The standard InChI is InChI=1S/C20H20N4O4/c1-13-9-17(14-5-7-27-8-6-14)28-20(26)18(13)19(25)23-15-3-2-4-16(10-15)24-12-21-11-22-24/h2-4,9-12,14H,5-8H2,1H3,(H,23,25). The Balaban J connectivity index is 1.57. The first-order valence-electron chi connectivity index (χ1n) is 9.10. The Kier molecular flexibility index (Phi) is 5.03. The van der Waals surface area contributed by atoms with E-state index < -0.39 is 11.5 Å². The molecule has 28 heavy (non-hydrogen) atoms. The summed E-state index contributed by atoms with van der Waals surface area (Å²) in [4.78, 5) is 29.1. The second-order valence-corrected chi connectivity index (χ2v) is 6.73. The van der Waals surface area contributed by atoms with Gasteiger partial charge in [0.2, 0.25) is 0 Å². The molecule has 0 spiro atoms. The monoisotopic (exact) mass is 380 g/mol. The predicted molar refractivity (Wildman–Crippen MR) is 102 cm³/mol. The van der Waals surface area contributed by atoms with Crippen molar-refractivity contribution in [2.24, 2.45) is 0 Å². The summed E-state index contributed by atoms with van der Waals surface area (Å²) in [6.07, 6.45) is 4.61. The van der Waals surface area contributed by atoms with E-state index in [0.717, 1.165) is 18.5 Å². The number of nitrogens with zero attached hydrogens (tertiary/aromatic N) is 3. The maximum absolute atomic E-state index is 12.7. The van der Waals surface area contributed by atoms with Gasteiger partial charge in [-0.1, -0.05) is 6.07 Å². The van der Waals surface area contributed by atoms with Gasteiger partial charge in [0.25, 0.3) is 5.91 Å². The van der Waals surface area contributed by atoms with Crippen LogP contribution in [0.5, 0.6) is 0 Å². The van der Waals surface area contributed by atoms with Crippen LogP contribution in [-0.4, -0.2) is 33.9 Å². The largest absolute Gasteiger partial charge is 0.427 e. The number of hydrogen-bond donors (Lipinski definition) is 1. The first-order valence-corrected chi connectivity index (χ1v) is 9.10. The Bertz CT molecular complexity index is 1040. The highest BCUT2D eigenvalue weighted by Crippen LogP contribution is 2.27. The van der Waals surface area contributed by atoms with Crippen molar-refractivity contribution in [3.63, 3.8) is 0 Å². The highest BCUT2D eigenvalue weighted by molar-refractivity contribution is 6.05. The fourth-order valence-corrected chi connectivity index (χ4v) is 3.35. The van der Waals surface area contributed by atoms with Gasteiger partial charge < -0.3 is 14.5 Å². The van der Waals surface area contributed by atoms with Crippen molar-refractivity contribution in [2.75, 3.05) is 18.5 Å². The molecule has 0 saturated carbocycles. The van der Waals surface area contributed by atoms with Crippen molar-refractivity contribution in [1.29, 1.82) is 0 Å². The molecule has 1 aromatic carbocycles. The van der Waals surface area contributed by atoms with Crippen LogP contribution in [0.3, 0.4) is 0 Å². The van der Waals surface area contributed by atoms with Gasteiger partial charge in [0, 0.05) is 24.8 Å². The Morgan fingerprint density at radius 3 is 2.79 bits per heavy atom. The molecule has 1 aliphatic heterocycles. The number of hydrogen-bond acceptors (Lipinski definition) is 6. The minimum Gasteiger partial charge on any atom is -0.427 e. The molecule has 0 bridgehead atoms. The van der Waals surface area contributed by atoms with Gasteiger partial charge in [-0.05, 0) is 49.6 Å². The van der Waals surface area contributed by atoms with Crippen LogP contribution in [0.25, 0.3) is 5.69 Å². The van der Waals surface area contributed by atoms with E-state index in [9.17, 15) is 9.59 Å². The molecule has 1 saturated heterocycles. The topological polar surface area (TPSA) is 99.2 Å². The third-order valence-corrected chi connectivity index (χ3v) is 4.81. The van der Waals surface area contributed by atoms with Crippen LogP contribution in [0.15, 0.2) is 52.2 Å². The molecule has 0 radical (unpaired) electrons. The molecule has 0 aliphatic carbocycles. The second-order valence-electron chi connectivity index (χ2n) is 6.73. The molecule has 1 amide bonds. The average molecular weight is 380 g/mol. The summed E-state index contributed by atoms with van der Waals surface area (Å²) in [6.45, 7) is 3.05. The van der Waals surface area contributed by atoms with Gasteiger partial charge in [-0.15, -0.1) is 0 Å². The zero-order valence-electron chi connectivity index (χ0n) is 15.4. The van der Waals surface area contributed by atoms with Crippen molar-refractivity contribution in [2.45, 2.75) is 25.7 Å². The number of benzene rings is 1. The van der Waals surface area contributed by atoms with Crippen molar-refractivity contribution in [3.05, 3.63) is 70.3 Å². The SMILES string of the molecule is Cc1cc(C2CCOCC2)oc(=O)c1C(=O)Nc1cccc(-n2cncn2)c1. The number of amides is 1. The zero-order chi connectivity index (χ0) is 19.5. The highest BCUT2D eigenvalue weighted by atomic mass is 16.5. The number of carbonyl (C=O) groups excluding carboxylic acids is 1. The third-order valence-electron chi connectivity index (χ3n) is 4.81. The van der Waals surface area contributed by atoms with E-state index in [4.69, 9.17) is 9.15 Å². The summed E-state index contributed by atoms with van der Waals surface area (Å²) in [6, 6.07) is 8.91. The molecule has 0 unspecified atom stereocenters. The van der Waals surface area contributed by atoms with Crippen LogP contribution in [0.4, 0.5) is 5.69 Å². The molecule has 4 rings (SSSR count). The molecule has 8 nitrogen and oxygen atoms in total. The van der Waals surface area contributed by atoms with Crippen LogP contribution in [0, 0.1) is 6.92 Å². The van der Waals surface area contributed by atoms with E-state index in [2.05, 4.69) is 15.4 Å². The van der Waals surface area contributed by atoms with Crippen LogP contribution in [-0.2, 0) is 4.74 Å². The van der Waals surface area contributed by atoms with Crippen molar-refractivity contribution in [3.8, 4) is 5.69 Å². The van der Waals surface area contributed by atoms with Crippen LogP contribution in [0.2, 0.25) is 0 Å². The summed E-state index contributed by atoms with van der Waals surface area (Å²) in [7, 11) is 0. The number of rotatable bonds is 4. The van der Waals surface area contributed by atoms with E-state index in [-0.39, 0.29) is 11.5 Å². The number of carbonyl (C=O) groups is 1. The molecule has 1 N–H and O–H groups in total. The smallest absolute Gasteiger partial charge is 0.349 e. The van der Waals surface area contributed by atoms with E-state index >= 15 is 0 Å².